The third-order valence-electron chi connectivity index (χ3n) is 6.39. The summed E-state index contributed by atoms with van der Waals surface area (Å²) in [7, 11) is 1.10. The number of para-hydroxylation sites is 1. The van der Waals surface area contributed by atoms with Crippen molar-refractivity contribution in [2.45, 2.75) is 33.1 Å². The molecule has 0 saturated heterocycles. The fourth-order valence-corrected chi connectivity index (χ4v) is 6.62. The van der Waals surface area contributed by atoms with Gasteiger partial charge in [-0.05, 0) is 0 Å². The molecule has 8 heteroatoms. The van der Waals surface area contributed by atoms with Crippen molar-refractivity contribution in [3.8, 4) is 28.7 Å². The van der Waals surface area contributed by atoms with E-state index in [-0.39, 0.29) is 0 Å². The van der Waals surface area contributed by atoms with E-state index < -0.39 is 8.60 Å². The Morgan fingerprint density at radius 3 is 2.00 bits per heavy atom. The number of aldehydes is 1. The molecule has 1 unspecified atom stereocenters. The first-order valence-electron chi connectivity index (χ1n) is 13.4. The van der Waals surface area contributed by atoms with Crippen molar-refractivity contribution in [2.24, 2.45) is 0 Å². The number of carbonyl (C=O) groups is 1. The van der Waals surface area contributed by atoms with Gasteiger partial charge in [0.05, 0.1) is 0 Å². The van der Waals surface area contributed by atoms with Crippen LogP contribution in [-0.2, 0) is 32.2 Å². The third kappa shape index (κ3) is 7.64. The number of benzene rings is 4. The van der Waals surface area contributed by atoms with Crippen LogP contribution in [0.15, 0.2) is 84.9 Å². The topological polar surface area (TPSA) is 63.2 Å². The summed E-state index contributed by atoms with van der Waals surface area (Å²) in [6.45, 7) is 4.27. The number of hydrogen-bond donors (Lipinski definition) is 0. The van der Waals surface area contributed by atoms with Gasteiger partial charge < -0.3 is 0 Å². The molecule has 0 aliphatic heterocycles. The first kappa shape index (κ1) is 30.5. The average Bonchev–Trinajstić information content (AvgIpc) is 3.01. The summed E-state index contributed by atoms with van der Waals surface area (Å²) in [4.78, 5) is 11.3. The first-order chi connectivity index (χ1) is 20.0. The molecule has 0 radical (unpaired) electrons. The number of hydrogen-bond acceptors (Lipinski definition) is 6. The molecule has 4 aromatic carbocycles. The van der Waals surface area contributed by atoms with E-state index in [0.717, 1.165) is 36.7 Å². The molecule has 0 N–H and O–H groups in total. The molecule has 0 saturated carbocycles. The Kier molecular flexibility index (Phi) is 11.1. The van der Waals surface area contributed by atoms with Gasteiger partial charge in [-0.25, -0.2) is 0 Å². The Balaban J connectivity index is 1.73. The van der Waals surface area contributed by atoms with Gasteiger partial charge in [-0.15, -0.1) is 0 Å². The number of methoxy groups -OCH3 is 2. The molecule has 0 spiro atoms. The van der Waals surface area contributed by atoms with E-state index in [4.69, 9.17) is 23.0 Å². The Bertz CT molecular complexity index is 1510. The number of carbonyl (C=O) groups excluding carboxylic acids is 1. The number of rotatable bonds is 14. The van der Waals surface area contributed by atoms with Crippen LogP contribution in [0.1, 0.15) is 52.9 Å². The number of ether oxygens (including phenoxy) is 2. The van der Waals surface area contributed by atoms with Crippen LogP contribution in [0.5, 0.6) is 28.7 Å². The fraction of sp³-hybridized carbons (Fsp3) is 0.212. The van der Waals surface area contributed by atoms with E-state index in [1.807, 2.05) is 36.4 Å². The van der Waals surface area contributed by atoms with Crippen molar-refractivity contribution >= 4 is 18.8 Å². The fourth-order valence-electron chi connectivity index (χ4n) is 4.25. The Labute approximate surface area is 254 Å². The summed E-state index contributed by atoms with van der Waals surface area (Å²) in [6, 6.07) is 27.2. The molecule has 0 heterocycles. The van der Waals surface area contributed by atoms with Gasteiger partial charge in [0.25, 0.3) is 0 Å². The zero-order valence-electron chi connectivity index (χ0n) is 23.6. The molecule has 0 aromatic heterocycles. The summed E-state index contributed by atoms with van der Waals surface area (Å²) in [5.41, 5.74) is 5.10. The Morgan fingerprint density at radius 2 is 1.34 bits per heavy atom. The van der Waals surface area contributed by atoms with E-state index in [1.165, 1.54) is 41.5 Å². The first-order valence-corrected chi connectivity index (χ1v) is 15.9. The summed E-state index contributed by atoms with van der Waals surface area (Å²) >= 11 is 1.33. The van der Waals surface area contributed by atoms with Crippen LogP contribution in [0.3, 0.4) is 0 Å². The van der Waals surface area contributed by atoms with Crippen LogP contribution >= 0.6 is 8.60 Å². The van der Waals surface area contributed by atoms with Crippen molar-refractivity contribution < 1.29 is 47.2 Å². The minimum absolute atomic E-state index is 0.394. The quantitative estimate of drug-likeness (QED) is 0.0968. The van der Waals surface area contributed by atoms with Crippen molar-refractivity contribution in [1.29, 1.82) is 0 Å². The molecule has 0 aliphatic rings. The number of aryl methyl sites for hydroxylation is 2. The van der Waals surface area contributed by atoms with Gasteiger partial charge in [0.1, 0.15) is 0 Å². The average molecular weight is 740 g/mol. The summed E-state index contributed by atoms with van der Waals surface area (Å²) < 4.78 is 31.6. The van der Waals surface area contributed by atoms with Gasteiger partial charge in [-0.2, -0.15) is 0 Å². The molecular formula is C33H33O6PW. The molecule has 0 aliphatic carbocycles. The van der Waals surface area contributed by atoms with Gasteiger partial charge in [-0.1, -0.05) is 0 Å². The van der Waals surface area contributed by atoms with Gasteiger partial charge in [0.15, 0.2) is 0 Å². The molecule has 0 bridgehead atoms. The Hall–Kier alpha value is -3.46. The van der Waals surface area contributed by atoms with Crippen LogP contribution in [0.2, 0.25) is 0 Å². The predicted octanol–water partition coefficient (Wildman–Crippen LogP) is 7.91. The summed E-state index contributed by atoms with van der Waals surface area (Å²) in [6.07, 6.45) is 3.69. The molecule has 212 valence electrons. The maximum atomic E-state index is 11.3. The maximum absolute atomic E-state index is 11.3. The van der Waals surface area contributed by atoms with Gasteiger partial charge in [0.2, 0.25) is 0 Å². The predicted molar refractivity (Wildman–Crippen MR) is 160 cm³/mol. The van der Waals surface area contributed by atoms with Crippen LogP contribution in [0, 0.1) is 0 Å². The van der Waals surface area contributed by atoms with Crippen LogP contribution in [0.25, 0.3) is 0 Å². The standard InChI is InChI=1S/C33H33O6P.W/c1-5-11-26-12-7-8-13-27(26)22-28-14-9-10-15-29(28)37-40(38-30-18-16-24(6-2)20-32(30)35-3)39-31-19-17-25(23-34)21-33(31)36-4;/h7-10,12-21,23H,5-6,11H2,1-4H3;. The van der Waals surface area contributed by atoms with Gasteiger partial charge in [-0.3, -0.25) is 0 Å². The van der Waals surface area contributed by atoms with Crippen molar-refractivity contribution in [1.82, 2.24) is 0 Å². The van der Waals surface area contributed by atoms with E-state index in [0.29, 0.717) is 34.3 Å². The van der Waals surface area contributed by atoms with Crippen LogP contribution < -0.4 is 23.0 Å². The zero-order chi connectivity index (χ0) is 29.2. The van der Waals surface area contributed by atoms with Gasteiger partial charge in [0, 0.05) is 0 Å². The van der Waals surface area contributed by atoms with E-state index in [1.54, 1.807) is 25.3 Å². The van der Waals surface area contributed by atoms with Crippen molar-refractivity contribution in [3.63, 3.8) is 0 Å². The molecule has 6 nitrogen and oxygen atoms in total. The molecule has 1 atom stereocenters. The second-order valence-corrected chi connectivity index (χ2v) is 11.6. The van der Waals surface area contributed by atoms with Crippen LogP contribution in [-0.4, -0.2) is 24.4 Å². The Morgan fingerprint density at radius 1 is 0.732 bits per heavy atom. The summed E-state index contributed by atoms with van der Waals surface area (Å²) in [5, 5.41) is 0. The van der Waals surface area contributed by atoms with E-state index in [9.17, 15) is 4.79 Å². The minimum atomic E-state index is -2.04. The second kappa shape index (κ2) is 15.0. The second-order valence-electron chi connectivity index (χ2n) is 9.10. The monoisotopic (exact) mass is 740 g/mol. The van der Waals surface area contributed by atoms with Crippen molar-refractivity contribution in [3.05, 3.63) is 113 Å². The molecule has 4 aromatic rings. The molecular weight excluding hydrogens is 707 g/mol. The normalized spacial score (nSPS) is 11.3. The van der Waals surface area contributed by atoms with Gasteiger partial charge >= 0.3 is 255 Å². The molecule has 4 rings (SSSR count). The molecule has 0 amide bonds. The van der Waals surface area contributed by atoms with E-state index in [2.05, 4.69) is 44.2 Å². The van der Waals surface area contributed by atoms with Crippen LogP contribution in [0.4, 0.5) is 0 Å². The third-order valence-corrected chi connectivity index (χ3v) is 9.01. The zero-order valence-corrected chi connectivity index (χ0v) is 27.4. The summed E-state index contributed by atoms with van der Waals surface area (Å²) in [5.74, 6) is 2.52. The SMILES string of the molecule is CCCc1ccccc1[C](=[W])c1ccccc1OP(Oc1ccc(C=O)cc1OC)Oc1ccc(CC)cc1OC. The molecule has 41 heavy (non-hydrogen) atoms. The molecule has 0 fully saturated rings. The van der Waals surface area contributed by atoms with E-state index >= 15 is 0 Å². The van der Waals surface area contributed by atoms with Crippen molar-refractivity contribution in [2.75, 3.05) is 14.2 Å².